The molecule has 1 saturated carbocycles. The highest BCUT2D eigenvalue weighted by molar-refractivity contribution is 5.97. The number of carbonyl (C=O) groups is 2. The summed E-state index contributed by atoms with van der Waals surface area (Å²) in [6, 6.07) is 1.98. The third-order valence-electron chi connectivity index (χ3n) is 5.74. The molecule has 2 heterocycles. The van der Waals surface area contributed by atoms with Crippen LogP contribution in [-0.2, 0) is 18.4 Å². The first-order chi connectivity index (χ1) is 13.9. The number of rotatable bonds is 9. The van der Waals surface area contributed by atoms with E-state index >= 15 is 0 Å². The summed E-state index contributed by atoms with van der Waals surface area (Å²) in [7, 11) is 3.50. The average molecular weight is 401 g/mol. The molecule has 1 aliphatic carbocycles. The highest BCUT2D eigenvalue weighted by atomic mass is 16.2. The zero-order chi connectivity index (χ0) is 21.1. The minimum absolute atomic E-state index is 0.0256. The van der Waals surface area contributed by atoms with Crippen LogP contribution in [-0.4, -0.2) is 56.4 Å². The molecule has 0 spiro atoms. The van der Waals surface area contributed by atoms with Crippen LogP contribution in [0.3, 0.4) is 0 Å². The smallest absolute Gasteiger partial charge is 0.257 e. The molecule has 2 amide bonds. The molecule has 2 aromatic heterocycles. The van der Waals surface area contributed by atoms with Crippen LogP contribution in [0.1, 0.15) is 67.2 Å². The Balaban J connectivity index is 1.93. The maximum absolute atomic E-state index is 13.6. The molecule has 0 saturated heterocycles. The topological polar surface area (TPSA) is 85.1 Å². The fraction of sp³-hybridized carbons (Fsp3) is 0.619. The van der Waals surface area contributed by atoms with Gasteiger partial charge in [0.2, 0.25) is 5.91 Å². The van der Waals surface area contributed by atoms with Crippen molar-refractivity contribution in [2.75, 3.05) is 20.1 Å². The summed E-state index contributed by atoms with van der Waals surface area (Å²) in [4.78, 5) is 27.4. The number of aryl methyl sites for hydroxylation is 2. The van der Waals surface area contributed by atoms with Crippen LogP contribution in [0.5, 0.6) is 0 Å². The number of aromatic nitrogens is 4. The summed E-state index contributed by atoms with van der Waals surface area (Å²) in [5, 5.41) is 11.4. The maximum atomic E-state index is 13.6. The van der Waals surface area contributed by atoms with Crippen molar-refractivity contribution in [3.05, 3.63) is 35.4 Å². The van der Waals surface area contributed by atoms with Crippen molar-refractivity contribution in [2.24, 2.45) is 13.0 Å². The summed E-state index contributed by atoms with van der Waals surface area (Å²) in [6.45, 7) is 7.50. The third-order valence-corrected chi connectivity index (χ3v) is 5.74. The first-order valence-corrected chi connectivity index (χ1v) is 10.4. The number of hydrogen-bond donors (Lipinski definition) is 1. The van der Waals surface area contributed by atoms with E-state index in [0.29, 0.717) is 18.0 Å². The molecule has 1 aliphatic rings. The van der Waals surface area contributed by atoms with E-state index < -0.39 is 0 Å². The van der Waals surface area contributed by atoms with Crippen LogP contribution < -0.4 is 5.32 Å². The predicted octanol–water partition coefficient (Wildman–Crippen LogP) is 2.14. The highest BCUT2D eigenvalue weighted by Gasteiger charge is 2.35. The van der Waals surface area contributed by atoms with Gasteiger partial charge in [0, 0.05) is 50.9 Å². The van der Waals surface area contributed by atoms with E-state index in [1.807, 2.05) is 29.4 Å². The summed E-state index contributed by atoms with van der Waals surface area (Å²) >= 11 is 0. The van der Waals surface area contributed by atoms with Gasteiger partial charge in [-0.25, -0.2) is 0 Å². The van der Waals surface area contributed by atoms with Crippen LogP contribution in [0.25, 0.3) is 0 Å². The van der Waals surface area contributed by atoms with Gasteiger partial charge in [-0.1, -0.05) is 13.8 Å². The number of amides is 2. The largest absolute Gasteiger partial charge is 0.358 e. The molecule has 0 aliphatic heterocycles. The minimum atomic E-state index is -0.179. The second-order valence-electron chi connectivity index (χ2n) is 8.12. The van der Waals surface area contributed by atoms with Crippen molar-refractivity contribution < 1.29 is 9.59 Å². The van der Waals surface area contributed by atoms with Gasteiger partial charge in [0.05, 0.1) is 24.0 Å². The molecule has 8 nitrogen and oxygen atoms in total. The van der Waals surface area contributed by atoms with Gasteiger partial charge in [0.25, 0.3) is 5.91 Å². The molecule has 1 unspecified atom stereocenters. The molecule has 1 fully saturated rings. The Labute approximate surface area is 172 Å². The van der Waals surface area contributed by atoms with Crippen molar-refractivity contribution in [3.8, 4) is 0 Å². The highest BCUT2D eigenvalue weighted by Crippen LogP contribution is 2.42. The average Bonchev–Trinajstić information content (AvgIpc) is 3.31. The summed E-state index contributed by atoms with van der Waals surface area (Å²) in [5.41, 5.74) is 2.70. The Bertz CT molecular complexity index is 864. The van der Waals surface area contributed by atoms with E-state index in [1.54, 1.807) is 24.3 Å². The minimum Gasteiger partial charge on any atom is -0.358 e. The molecule has 29 heavy (non-hydrogen) atoms. The molecule has 1 atom stereocenters. The standard InChI is InChI=1S/C21H32N6O2/c1-6-27-20(15-7-8-15)16(11-24-27)21(29)26(13-19(28)22-4)12-17(14(2)3)18-9-10-23-25(18)5/h9-11,14-15,17H,6-8,12-13H2,1-5H3,(H,22,28). The van der Waals surface area contributed by atoms with Crippen molar-refractivity contribution in [2.45, 2.75) is 52.0 Å². The van der Waals surface area contributed by atoms with E-state index in [1.165, 1.54) is 0 Å². The number of hydrogen-bond acceptors (Lipinski definition) is 4. The normalized spacial score (nSPS) is 14.8. The number of likely N-dealkylation sites (N-methyl/N-ethyl adjacent to an activating group) is 1. The molecule has 0 bridgehead atoms. The Kier molecular flexibility index (Phi) is 6.39. The van der Waals surface area contributed by atoms with Gasteiger partial charge in [0.1, 0.15) is 0 Å². The molecular weight excluding hydrogens is 368 g/mol. The molecule has 8 heteroatoms. The molecule has 1 N–H and O–H groups in total. The summed E-state index contributed by atoms with van der Waals surface area (Å²) in [5.74, 6) is 0.453. The number of nitrogens with one attached hydrogen (secondary N) is 1. The Morgan fingerprint density at radius 2 is 2.03 bits per heavy atom. The molecule has 0 radical (unpaired) electrons. The second-order valence-corrected chi connectivity index (χ2v) is 8.12. The van der Waals surface area contributed by atoms with Gasteiger partial charge in [-0.05, 0) is 31.7 Å². The second kappa shape index (κ2) is 8.80. The fourth-order valence-corrected chi connectivity index (χ4v) is 3.87. The van der Waals surface area contributed by atoms with Gasteiger partial charge in [-0.2, -0.15) is 10.2 Å². The van der Waals surface area contributed by atoms with Crippen LogP contribution in [0.15, 0.2) is 18.5 Å². The van der Waals surface area contributed by atoms with Crippen LogP contribution >= 0.6 is 0 Å². The monoisotopic (exact) mass is 400 g/mol. The van der Waals surface area contributed by atoms with Crippen LogP contribution in [0.2, 0.25) is 0 Å². The van der Waals surface area contributed by atoms with Gasteiger partial charge in [0.15, 0.2) is 0 Å². The van der Waals surface area contributed by atoms with Crippen LogP contribution in [0, 0.1) is 5.92 Å². The summed E-state index contributed by atoms with van der Waals surface area (Å²) in [6.07, 6.45) is 5.62. The van der Waals surface area contributed by atoms with Gasteiger partial charge < -0.3 is 10.2 Å². The lowest BCUT2D eigenvalue weighted by Crippen LogP contribution is -2.43. The summed E-state index contributed by atoms with van der Waals surface area (Å²) < 4.78 is 3.77. The molecular formula is C21H32N6O2. The maximum Gasteiger partial charge on any atom is 0.257 e. The fourth-order valence-electron chi connectivity index (χ4n) is 3.87. The predicted molar refractivity (Wildman–Crippen MR) is 111 cm³/mol. The van der Waals surface area contributed by atoms with Crippen molar-refractivity contribution in [1.82, 2.24) is 29.8 Å². The molecule has 3 rings (SSSR count). The van der Waals surface area contributed by atoms with Gasteiger partial charge >= 0.3 is 0 Å². The SMILES string of the molecule is CCn1ncc(C(=O)N(CC(=O)NC)CC(c2ccnn2C)C(C)C)c1C1CC1. The number of carbonyl (C=O) groups excluding carboxylic acids is 2. The van der Waals surface area contributed by atoms with E-state index in [9.17, 15) is 9.59 Å². The quantitative estimate of drug-likeness (QED) is 0.699. The van der Waals surface area contributed by atoms with Gasteiger partial charge in [-0.3, -0.25) is 19.0 Å². The zero-order valence-electron chi connectivity index (χ0n) is 18.1. The Morgan fingerprint density at radius 1 is 1.31 bits per heavy atom. The van der Waals surface area contributed by atoms with Crippen LogP contribution in [0.4, 0.5) is 0 Å². The number of nitrogens with zero attached hydrogens (tertiary/aromatic N) is 5. The van der Waals surface area contributed by atoms with E-state index in [-0.39, 0.29) is 30.2 Å². The van der Waals surface area contributed by atoms with Gasteiger partial charge in [-0.15, -0.1) is 0 Å². The first kappa shape index (κ1) is 21.1. The van der Waals surface area contributed by atoms with Crippen molar-refractivity contribution in [3.63, 3.8) is 0 Å². The zero-order valence-corrected chi connectivity index (χ0v) is 18.1. The van der Waals surface area contributed by atoms with E-state index in [0.717, 1.165) is 30.8 Å². The molecule has 0 aromatic carbocycles. The van der Waals surface area contributed by atoms with E-state index in [2.05, 4.69) is 29.4 Å². The van der Waals surface area contributed by atoms with Crippen molar-refractivity contribution >= 4 is 11.8 Å². The lowest BCUT2D eigenvalue weighted by molar-refractivity contribution is -0.121. The van der Waals surface area contributed by atoms with Crippen molar-refractivity contribution in [1.29, 1.82) is 0 Å². The Hall–Kier alpha value is -2.64. The molecule has 158 valence electrons. The lowest BCUT2D eigenvalue weighted by atomic mass is 9.91. The first-order valence-electron chi connectivity index (χ1n) is 10.4. The molecule has 2 aromatic rings. The lowest BCUT2D eigenvalue weighted by Gasteiger charge is -2.29. The third kappa shape index (κ3) is 4.52. The Morgan fingerprint density at radius 3 is 2.55 bits per heavy atom. The van der Waals surface area contributed by atoms with E-state index in [4.69, 9.17) is 0 Å².